The number of benzene rings is 2. The quantitative estimate of drug-likeness (QED) is 0.743. The van der Waals surface area contributed by atoms with Crippen LogP contribution in [0.5, 0.6) is 0 Å². The maximum absolute atomic E-state index is 13.4. The van der Waals surface area contributed by atoms with Gasteiger partial charge in [-0.1, -0.05) is 25.4 Å². The number of nitrogens with zero attached hydrogens (tertiary/aromatic N) is 1. The van der Waals surface area contributed by atoms with Crippen LogP contribution >= 0.6 is 11.6 Å². The Balaban J connectivity index is 1.99. The number of carbonyl (C=O) groups excluding carboxylic acids is 1. The molecular formula is C17H14ClFN2O2. The summed E-state index contributed by atoms with van der Waals surface area (Å²) in [5.74, 6) is -0.390. The number of oxazole rings is 1. The fraction of sp³-hybridized carbons (Fsp3) is 0.176. The van der Waals surface area contributed by atoms with Gasteiger partial charge in [-0.25, -0.2) is 9.37 Å². The number of amides is 1. The highest BCUT2D eigenvalue weighted by Crippen LogP contribution is 2.31. The first-order valence-electron chi connectivity index (χ1n) is 7.11. The molecule has 1 amide bonds. The Kier molecular flexibility index (Phi) is 4.05. The maximum atomic E-state index is 13.4. The number of hydrogen-bond donors (Lipinski definition) is 1. The first kappa shape index (κ1) is 15.5. The van der Waals surface area contributed by atoms with E-state index in [0.717, 1.165) is 0 Å². The average Bonchev–Trinajstić information content (AvgIpc) is 2.92. The van der Waals surface area contributed by atoms with Crippen LogP contribution in [0.25, 0.3) is 22.6 Å². The fourth-order valence-corrected chi connectivity index (χ4v) is 2.27. The number of rotatable bonds is 3. The second kappa shape index (κ2) is 6.01. The number of halogens is 2. The zero-order chi connectivity index (χ0) is 16.6. The SMILES string of the molecule is CC(C)C(=O)Nc1ccc2oc(-c3cc(F)ccc3Cl)nc2c1. The van der Waals surface area contributed by atoms with Gasteiger partial charge >= 0.3 is 0 Å². The van der Waals surface area contributed by atoms with Gasteiger partial charge in [0.05, 0.1) is 10.6 Å². The van der Waals surface area contributed by atoms with Gasteiger partial charge in [0.25, 0.3) is 0 Å². The lowest BCUT2D eigenvalue weighted by Crippen LogP contribution is -2.17. The molecule has 0 bridgehead atoms. The molecular weight excluding hydrogens is 319 g/mol. The lowest BCUT2D eigenvalue weighted by atomic mass is 10.2. The molecule has 0 spiro atoms. The van der Waals surface area contributed by atoms with Crippen molar-refractivity contribution in [1.29, 1.82) is 0 Å². The maximum Gasteiger partial charge on any atom is 0.228 e. The molecule has 0 fully saturated rings. The normalized spacial score (nSPS) is 11.2. The molecule has 1 heterocycles. The van der Waals surface area contributed by atoms with Gasteiger partial charge in [-0.2, -0.15) is 0 Å². The number of hydrogen-bond acceptors (Lipinski definition) is 3. The molecule has 6 heteroatoms. The van der Waals surface area contributed by atoms with E-state index in [2.05, 4.69) is 10.3 Å². The Bertz CT molecular complexity index is 889. The van der Waals surface area contributed by atoms with Gasteiger partial charge in [-0.15, -0.1) is 0 Å². The topological polar surface area (TPSA) is 55.1 Å². The molecule has 0 saturated carbocycles. The van der Waals surface area contributed by atoms with Gasteiger partial charge < -0.3 is 9.73 Å². The summed E-state index contributed by atoms with van der Waals surface area (Å²) in [5.41, 5.74) is 2.10. The Hall–Kier alpha value is -2.40. The van der Waals surface area contributed by atoms with Crippen molar-refractivity contribution < 1.29 is 13.6 Å². The molecule has 3 aromatic rings. The molecule has 0 saturated heterocycles. The molecule has 0 radical (unpaired) electrons. The first-order valence-corrected chi connectivity index (χ1v) is 7.48. The summed E-state index contributed by atoms with van der Waals surface area (Å²) in [7, 11) is 0. The number of aromatic nitrogens is 1. The minimum Gasteiger partial charge on any atom is -0.436 e. The van der Waals surface area contributed by atoms with E-state index in [0.29, 0.717) is 27.4 Å². The lowest BCUT2D eigenvalue weighted by Gasteiger charge is -2.06. The van der Waals surface area contributed by atoms with Crippen molar-refractivity contribution in [2.75, 3.05) is 5.32 Å². The van der Waals surface area contributed by atoms with Crippen LogP contribution < -0.4 is 5.32 Å². The number of carbonyl (C=O) groups is 1. The molecule has 0 aliphatic rings. The summed E-state index contributed by atoms with van der Waals surface area (Å²) >= 11 is 6.07. The van der Waals surface area contributed by atoms with Crippen molar-refractivity contribution in [3.8, 4) is 11.5 Å². The Morgan fingerprint density at radius 2 is 2.04 bits per heavy atom. The van der Waals surface area contributed by atoms with E-state index in [1.165, 1.54) is 18.2 Å². The van der Waals surface area contributed by atoms with Crippen LogP contribution in [0.15, 0.2) is 40.8 Å². The van der Waals surface area contributed by atoms with Gasteiger partial charge in [0.2, 0.25) is 11.8 Å². The molecule has 0 aliphatic carbocycles. The molecule has 1 aromatic heterocycles. The standard InChI is InChI=1S/C17H14ClFN2O2/c1-9(2)16(22)20-11-4-6-15-14(8-11)21-17(23-15)12-7-10(19)3-5-13(12)18/h3-9H,1-2H3,(H,20,22). The number of anilines is 1. The molecule has 4 nitrogen and oxygen atoms in total. The van der Waals surface area contributed by atoms with E-state index >= 15 is 0 Å². The predicted molar refractivity (Wildman–Crippen MR) is 87.9 cm³/mol. The van der Waals surface area contributed by atoms with Crippen LogP contribution in [0.1, 0.15) is 13.8 Å². The van der Waals surface area contributed by atoms with Gasteiger partial charge in [-0.05, 0) is 36.4 Å². The van der Waals surface area contributed by atoms with Crippen molar-refractivity contribution in [1.82, 2.24) is 4.98 Å². The van der Waals surface area contributed by atoms with Crippen molar-refractivity contribution in [3.63, 3.8) is 0 Å². The molecule has 1 N–H and O–H groups in total. The molecule has 2 aromatic carbocycles. The van der Waals surface area contributed by atoms with E-state index < -0.39 is 5.82 Å². The van der Waals surface area contributed by atoms with E-state index in [1.807, 2.05) is 13.8 Å². The average molecular weight is 333 g/mol. The summed E-state index contributed by atoms with van der Waals surface area (Å²) in [6.45, 7) is 3.63. The van der Waals surface area contributed by atoms with Crippen molar-refractivity contribution >= 4 is 34.3 Å². The van der Waals surface area contributed by atoms with E-state index in [1.54, 1.807) is 18.2 Å². The highest BCUT2D eigenvalue weighted by molar-refractivity contribution is 6.33. The summed E-state index contributed by atoms with van der Waals surface area (Å²) < 4.78 is 19.0. The van der Waals surface area contributed by atoms with Gasteiger partial charge in [0.1, 0.15) is 11.3 Å². The van der Waals surface area contributed by atoms with Crippen molar-refractivity contribution in [2.45, 2.75) is 13.8 Å². The highest BCUT2D eigenvalue weighted by atomic mass is 35.5. The van der Waals surface area contributed by atoms with Crippen molar-refractivity contribution in [3.05, 3.63) is 47.2 Å². The molecule has 23 heavy (non-hydrogen) atoms. The van der Waals surface area contributed by atoms with Gasteiger partial charge in [0.15, 0.2) is 5.58 Å². The molecule has 0 aliphatic heterocycles. The highest BCUT2D eigenvalue weighted by Gasteiger charge is 2.14. The zero-order valence-corrected chi connectivity index (χ0v) is 13.3. The zero-order valence-electron chi connectivity index (χ0n) is 12.6. The second-order valence-electron chi connectivity index (χ2n) is 5.47. The molecule has 0 unspecified atom stereocenters. The molecule has 118 valence electrons. The number of nitrogens with one attached hydrogen (secondary N) is 1. The summed E-state index contributed by atoms with van der Waals surface area (Å²) in [4.78, 5) is 16.1. The van der Waals surface area contributed by atoms with Crippen LogP contribution in [-0.2, 0) is 4.79 Å². The van der Waals surface area contributed by atoms with E-state index in [4.69, 9.17) is 16.0 Å². The second-order valence-corrected chi connectivity index (χ2v) is 5.88. The van der Waals surface area contributed by atoms with E-state index in [9.17, 15) is 9.18 Å². The van der Waals surface area contributed by atoms with Crippen LogP contribution in [0.4, 0.5) is 10.1 Å². The van der Waals surface area contributed by atoms with Crippen LogP contribution in [0, 0.1) is 11.7 Å². The molecule has 3 rings (SSSR count). The minimum absolute atomic E-state index is 0.0822. The number of fused-ring (bicyclic) bond motifs is 1. The van der Waals surface area contributed by atoms with Gasteiger partial charge in [0, 0.05) is 11.6 Å². The first-order chi connectivity index (χ1) is 10.9. The lowest BCUT2D eigenvalue weighted by molar-refractivity contribution is -0.118. The van der Waals surface area contributed by atoms with Crippen LogP contribution in [0.2, 0.25) is 5.02 Å². The Morgan fingerprint density at radius 1 is 1.26 bits per heavy atom. The Morgan fingerprint density at radius 3 is 2.78 bits per heavy atom. The summed E-state index contributed by atoms with van der Waals surface area (Å²) in [5, 5.41) is 3.15. The molecule has 0 atom stereocenters. The Labute approximate surface area is 137 Å². The third-order valence-corrected chi connectivity index (χ3v) is 3.67. The smallest absolute Gasteiger partial charge is 0.228 e. The third kappa shape index (κ3) is 3.19. The third-order valence-electron chi connectivity index (χ3n) is 3.34. The predicted octanol–water partition coefficient (Wildman–Crippen LogP) is 4.88. The fourth-order valence-electron chi connectivity index (χ4n) is 2.07. The van der Waals surface area contributed by atoms with Gasteiger partial charge in [-0.3, -0.25) is 4.79 Å². The summed E-state index contributed by atoms with van der Waals surface area (Å²) in [6, 6.07) is 9.13. The van der Waals surface area contributed by atoms with Crippen LogP contribution in [0.3, 0.4) is 0 Å². The monoisotopic (exact) mass is 332 g/mol. The largest absolute Gasteiger partial charge is 0.436 e. The van der Waals surface area contributed by atoms with E-state index in [-0.39, 0.29) is 17.7 Å². The summed E-state index contributed by atoms with van der Waals surface area (Å²) in [6.07, 6.45) is 0. The van der Waals surface area contributed by atoms with Crippen LogP contribution in [-0.4, -0.2) is 10.9 Å². The van der Waals surface area contributed by atoms with Crippen molar-refractivity contribution in [2.24, 2.45) is 5.92 Å². The minimum atomic E-state index is -0.420.